The van der Waals surface area contributed by atoms with Gasteiger partial charge in [0.2, 0.25) is 0 Å². The first-order chi connectivity index (χ1) is 7.14. The Morgan fingerprint density at radius 1 is 0.867 bits per heavy atom. The van der Waals surface area contributed by atoms with E-state index in [9.17, 15) is 0 Å². The summed E-state index contributed by atoms with van der Waals surface area (Å²) < 4.78 is 0.291. The second kappa shape index (κ2) is 3.19. The number of fused-ring (bicyclic) bond motifs is 2. The molecule has 1 heterocycles. The Hall–Kier alpha value is -0.600. The zero-order valence-electron chi connectivity index (χ0n) is 8.78. The van der Waals surface area contributed by atoms with E-state index in [4.69, 9.17) is 0 Å². The second-order valence-electron chi connectivity index (χ2n) is 4.25. The summed E-state index contributed by atoms with van der Waals surface area (Å²) in [4.78, 5) is 2.87. The van der Waals surface area contributed by atoms with Crippen molar-refractivity contribution in [2.75, 3.05) is 0 Å². The van der Waals surface area contributed by atoms with Crippen LogP contribution in [0.2, 0.25) is 0 Å². The van der Waals surface area contributed by atoms with Crippen molar-refractivity contribution in [3.05, 3.63) is 36.4 Å². The summed E-state index contributed by atoms with van der Waals surface area (Å²) >= 11 is 3.94. The van der Waals surface area contributed by atoms with Crippen LogP contribution in [-0.2, 0) is 0 Å². The molecule has 3 rings (SSSR count). The van der Waals surface area contributed by atoms with Crippen LogP contribution in [0.25, 0.3) is 10.8 Å². The molecular formula is C13H12S2. The Balaban J connectivity index is 2.23. The van der Waals surface area contributed by atoms with Crippen molar-refractivity contribution in [2.24, 2.45) is 0 Å². The quantitative estimate of drug-likeness (QED) is 0.641. The molecule has 0 amide bonds. The Morgan fingerprint density at radius 3 is 1.80 bits per heavy atom. The molecule has 0 saturated heterocycles. The highest BCUT2D eigenvalue weighted by molar-refractivity contribution is 8.20. The van der Waals surface area contributed by atoms with E-state index in [1.54, 1.807) is 0 Å². The number of benzene rings is 2. The zero-order chi connectivity index (χ0) is 10.5. The van der Waals surface area contributed by atoms with E-state index in [2.05, 4.69) is 50.2 Å². The van der Waals surface area contributed by atoms with E-state index in [1.165, 1.54) is 20.6 Å². The van der Waals surface area contributed by atoms with Gasteiger partial charge in [0.1, 0.15) is 0 Å². The first-order valence-corrected chi connectivity index (χ1v) is 6.68. The third-order valence-electron chi connectivity index (χ3n) is 2.52. The van der Waals surface area contributed by atoms with Crippen molar-refractivity contribution in [1.29, 1.82) is 0 Å². The fourth-order valence-corrected chi connectivity index (χ4v) is 4.61. The Kier molecular flexibility index (Phi) is 2.05. The molecule has 1 aliphatic rings. The molecular weight excluding hydrogens is 220 g/mol. The van der Waals surface area contributed by atoms with Gasteiger partial charge in [-0.2, -0.15) is 0 Å². The number of thioether (sulfide) groups is 2. The van der Waals surface area contributed by atoms with Gasteiger partial charge in [0.25, 0.3) is 0 Å². The zero-order valence-corrected chi connectivity index (χ0v) is 10.4. The molecule has 0 aliphatic carbocycles. The topological polar surface area (TPSA) is 0 Å². The Labute approximate surface area is 98.4 Å². The average molecular weight is 232 g/mol. The lowest BCUT2D eigenvalue weighted by Crippen LogP contribution is -2.01. The van der Waals surface area contributed by atoms with Gasteiger partial charge in [-0.15, -0.1) is 23.5 Å². The van der Waals surface area contributed by atoms with Crippen molar-refractivity contribution in [3.63, 3.8) is 0 Å². The Bertz CT molecular complexity index is 483. The third kappa shape index (κ3) is 1.66. The molecule has 0 N–H and O–H groups in total. The monoisotopic (exact) mass is 232 g/mol. The van der Waals surface area contributed by atoms with Crippen LogP contribution in [0.5, 0.6) is 0 Å². The first kappa shape index (κ1) is 9.61. The third-order valence-corrected chi connectivity index (χ3v) is 5.25. The molecule has 0 aromatic heterocycles. The molecule has 0 unspecified atom stereocenters. The highest BCUT2D eigenvalue weighted by Gasteiger charge is 2.30. The lowest BCUT2D eigenvalue weighted by atomic mass is 10.1. The largest absolute Gasteiger partial charge is 0.107 e. The van der Waals surface area contributed by atoms with Crippen molar-refractivity contribution >= 4 is 34.3 Å². The minimum absolute atomic E-state index is 0.291. The SMILES string of the molecule is CC1(C)Sc2cc3ccccc3cc2S1. The molecule has 0 bridgehead atoms. The van der Waals surface area contributed by atoms with Gasteiger partial charge < -0.3 is 0 Å². The van der Waals surface area contributed by atoms with Crippen LogP contribution in [0.15, 0.2) is 46.2 Å². The van der Waals surface area contributed by atoms with E-state index in [0.29, 0.717) is 4.08 Å². The van der Waals surface area contributed by atoms with Gasteiger partial charge in [0.15, 0.2) is 0 Å². The van der Waals surface area contributed by atoms with Crippen LogP contribution in [0.3, 0.4) is 0 Å². The summed E-state index contributed by atoms with van der Waals surface area (Å²) in [5.74, 6) is 0. The van der Waals surface area contributed by atoms with E-state index < -0.39 is 0 Å². The van der Waals surface area contributed by atoms with Crippen LogP contribution in [-0.4, -0.2) is 4.08 Å². The number of hydrogen-bond donors (Lipinski definition) is 0. The molecule has 76 valence electrons. The Morgan fingerprint density at radius 2 is 1.33 bits per heavy atom. The second-order valence-corrected chi connectivity index (χ2v) is 7.84. The molecule has 2 heteroatoms. The first-order valence-electron chi connectivity index (χ1n) is 5.05. The summed E-state index contributed by atoms with van der Waals surface area (Å²) in [6.07, 6.45) is 0. The molecule has 2 aromatic rings. The van der Waals surface area contributed by atoms with Crippen LogP contribution in [0.4, 0.5) is 0 Å². The highest BCUT2D eigenvalue weighted by atomic mass is 32.2. The lowest BCUT2D eigenvalue weighted by Gasteiger charge is -2.12. The van der Waals surface area contributed by atoms with Crippen molar-refractivity contribution in [3.8, 4) is 0 Å². The van der Waals surface area contributed by atoms with Crippen molar-refractivity contribution < 1.29 is 0 Å². The fourth-order valence-electron chi connectivity index (χ4n) is 1.91. The molecule has 0 spiro atoms. The summed E-state index contributed by atoms with van der Waals surface area (Å²) in [7, 11) is 0. The van der Waals surface area contributed by atoms with Gasteiger partial charge >= 0.3 is 0 Å². The smallest absolute Gasteiger partial charge is 0.0649 e. The summed E-state index contributed by atoms with van der Waals surface area (Å²) in [6, 6.07) is 13.2. The van der Waals surface area contributed by atoms with E-state index in [1.807, 2.05) is 23.5 Å². The maximum absolute atomic E-state index is 2.32. The van der Waals surface area contributed by atoms with Crippen molar-refractivity contribution in [2.45, 2.75) is 27.7 Å². The van der Waals surface area contributed by atoms with Gasteiger partial charge in [-0.1, -0.05) is 24.3 Å². The maximum atomic E-state index is 2.32. The van der Waals surface area contributed by atoms with E-state index in [-0.39, 0.29) is 0 Å². The van der Waals surface area contributed by atoms with Crippen LogP contribution >= 0.6 is 23.5 Å². The molecule has 2 aromatic carbocycles. The van der Waals surface area contributed by atoms with Gasteiger partial charge in [-0.25, -0.2) is 0 Å². The molecule has 0 radical (unpaired) electrons. The van der Waals surface area contributed by atoms with Gasteiger partial charge in [-0.05, 0) is 36.8 Å². The molecule has 1 aliphatic heterocycles. The van der Waals surface area contributed by atoms with Crippen LogP contribution in [0, 0.1) is 0 Å². The van der Waals surface area contributed by atoms with Gasteiger partial charge in [0.05, 0.1) is 4.08 Å². The summed E-state index contributed by atoms with van der Waals surface area (Å²) in [6.45, 7) is 4.57. The predicted octanol–water partition coefficient (Wildman–Crippen LogP) is 4.77. The minimum atomic E-state index is 0.291. The minimum Gasteiger partial charge on any atom is -0.107 e. The summed E-state index contributed by atoms with van der Waals surface area (Å²) in [5, 5.41) is 2.70. The van der Waals surface area contributed by atoms with Gasteiger partial charge in [-0.3, -0.25) is 0 Å². The molecule has 15 heavy (non-hydrogen) atoms. The molecule has 0 atom stereocenters. The van der Waals surface area contributed by atoms with Gasteiger partial charge in [0, 0.05) is 9.79 Å². The normalized spacial score (nSPS) is 18.0. The maximum Gasteiger partial charge on any atom is 0.0649 e. The lowest BCUT2D eigenvalue weighted by molar-refractivity contribution is 1.04. The standard InChI is InChI=1S/C13H12S2/c1-13(2)14-11-7-9-5-3-4-6-10(9)8-12(11)15-13/h3-8H,1-2H3. The highest BCUT2D eigenvalue weighted by Crippen LogP contribution is 2.55. The predicted molar refractivity (Wildman–Crippen MR) is 69.7 cm³/mol. The fraction of sp³-hybridized carbons (Fsp3) is 0.231. The van der Waals surface area contributed by atoms with E-state index in [0.717, 1.165) is 0 Å². The summed E-state index contributed by atoms with van der Waals surface area (Å²) in [5.41, 5.74) is 0. The molecule has 0 fully saturated rings. The molecule has 0 saturated carbocycles. The van der Waals surface area contributed by atoms with Crippen LogP contribution in [0.1, 0.15) is 13.8 Å². The number of rotatable bonds is 0. The van der Waals surface area contributed by atoms with Crippen LogP contribution < -0.4 is 0 Å². The van der Waals surface area contributed by atoms with E-state index >= 15 is 0 Å². The van der Waals surface area contributed by atoms with Crippen molar-refractivity contribution in [1.82, 2.24) is 0 Å². The molecule has 0 nitrogen and oxygen atoms in total. The average Bonchev–Trinajstić information content (AvgIpc) is 2.46. The number of hydrogen-bond acceptors (Lipinski definition) is 2.